The monoisotopic (exact) mass is 775 g/mol. The van der Waals surface area contributed by atoms with E-state index >= 15 is 13.2 Å². The highest BCUT2D eigenvalue weighted by atomic mass is 19.3. The number of nitrogens with zero attached hydrogens (tertiary/aromatic N) is 11. The minimum absolute atomic E-state index is 0.108. The Bertz CT molecular complexity index is 2340. The third-order valence-corrected chi connectivity index (χ3v) is 10.2. The largest absolute Gasteiger partial charge is 0.377 e. The molecule has 1 saturated heterocycles. The van der Waals surface area contributed by atoms with E-state index in [0.717, 1.165) is 39.5 Å². The summed E-state index contributed by atoms with van der Waals surface area (Å²) in [6.45, 7) is 7.43. The Morgan fingerprint density at radius 1 is 0.821 bits per heavy atom. The average Bonchev–Trinajstić information content (AvgIpc) is 3.84. The van der Waals surface area contributed by atoms with Crippen LogP contribution in [-0.2, 0) is 18.1 Å². The van der Waals surface area contributed by atoms with Gasteiger partial charge in [0.25, 0.3) is 0 Å². The number of hydrogen-bond acceptors (Lipinski definition) is 10. The van der Waals surface area contributed by atoms with Crippen molar-refractivity contribution in [1.82, 2.24) is 44.5 Å². The van der Waals surface area contributed by atoms with E-state index in [4.69, 9.17) is 0 Å². The lowest BCUT2D eigenvalue weighted by Gasteiger charge is -2.37. The van der Waals surface area contributed by atoms with Crippen molar-refractivity contribution in [2.24, 2.45) is 5.92 Å². The summed E-state index contributed by atoms with van der Waals surface area (Å²) in [4.78, 5) is 25.5. The maximum Gasteiger partial charge on any atom is 0.351 e. The smallest absolute Gasteiger partial charge is 0.351 e. The third-order valence-electron chi connectivity index (χ3n) is 10.2. The quantitative estimate of drug-likeness (QED) is 0.159. The predicted octanol–water partition coefficient (Wildman–Crippen LogP) is 5.51. The van der Waals surface area contributed by atoms with Crippen molar-refractivity contribution in [3.05, 3.63) is 125 Å². The van der Waals surface area contributed by atoms with Crippen molar-refractivity contribution in [2.45, 2.75) is 51.3 Å². The van der Waals surface area contributed by atoms with Gasteiger partial charge in [-0.15, -0.1) is 5.10 Å². The summed E-state index contributed by atoms with van der Waals surface area (Å²) in [5, 5.41) is 26.0. The molecule has 1 N–H and O–H groups in total. The second-order valence-corrected chi connectivity index (χ2v) is 14.0. The number of hydrogen-bond donors (Lipinski definition) is 1. The number of halogens is 5. The van der Waals surface area contributed by atoms with E-state index in [0.29, 0.717) is 55.5 Å². The normalized spacial score (nSPS) is 15.3. The minimum Gasteiger partial charge on any atom is -0.377 e. The Labute approximate surface area is 317 Å². The Morgan fingerprint density at radius 2 is 1.52 bits per heavy atom. The molecule has 2 atom stereocenters. The van der Waals surface area contributed by atoms with Crippen molar-refractivity contribution in [3.63, 3.8) is 0 Å². The number of rotatable bonds is 12. The lowest BCUT2D eigenvalue weighted by atomic mass is 9.84. The van der Waals surface area contributed by atoms with Gasteiger partial charge in [-0.2, -0.15) is 13.9 Å². The lowest BCUT2D eigenvalue weighted by molar-refractivity contribution is -0.207. The first kappa shape index (κ1) is 38.2. The van der Waals surface area contributed by atoms with Crippen LogP contribution in [-0.4, -0.2) is 75.8 Å². The molecule has 1 fully saturated rings. The molecule has 13 nitrogen and oxygen atoms in total. The Morgan fingerprint density at radius 3 is 2.11 bits per heavy atom. The topological polar surface area (TPSA) is 136 Å². The van der Waals surface area contributed by atoms with Crippen molar-refractivity contribution in [2.75, 3.05) is 36.0 Å². The molecule has 0 bridgehead atoms. The molecule has 0 spiro atoms. The summed E-state index contributed by atoms with van der Waals surface area (Å²) in [6.07, 6.45) is 5.77. The fourth-order valence-corrected chi connectivity index (χ4v) is 7.10. The summed E-state index contributed by atoms with van der Waals surface area (Å²) in [5.41, 5.74) is -2.69. The molecule has 5 heterocycles. The zero-order valence-corrected chi connectivity index (χ0v) is 30.6. The van der Waals surface area contributed by atoms with Gasteiger partial charge in [0.15, 0.2) is 17.2 Å². The highest BCUT2D eigenvalue weighted by Gasteiger charge is 2.58. The van der Waals surface area contributed by atoms with Crippen LogP contribution < -0.4 is 15.5 Å². The van der Waals surface area contributed by atoms with Crippen LogP contribution in [0.25, 0.3) is 16.9 Å². The van der Waals surface area contributed by atoms with E-state index in [1.807, 2.05) is 49.9 Å². The second-order valence-electron chi connectivity index (χ2n) is 14.0. The third kappa shape index (κ3) is 7.11. The summed E-state index contributed by atoms with van der Waals surface area (Å²) in [5.74, 6) is -7.12. The number of alkyl halides is 2. The number of tetrazole rings is 1. The van der Waals surface area contributed by atoms with E-state index in [1.165, 1.54) is 29.3 Å². The summed E-state index contributed by atoms with van der Waals surface area (Å²) in [6, 6.07) is 13.1. The van der Waals surface area contributed by atoms with Crippen LogP contribution in [0.3, 0.4) is 0 Å². The first-order valence-electron chi connectivity index (χ1n) is 18.0. The molecule has 18 heteroatoms. The molecule has 0 unspecified atom stereocenters. The summed E-state index contributed by atoms with van der Waals surface area (Å²) < 4.78 is 79.6. The van der Waals surface area contributed by atoms with Gasteiger partial charge in [-0.25, -0.2) is 36.9 Å². The first-order chi connectivity index (χ1) is 26.8. The van der Waals surface area contributed by atoms with E-state index < -0.39 is 52.5 Å². The molecule has 4 aromatic heterocycles. The zero-order chi connectivity index (χ0) is 39.8. The van der Waals surface area contributed by atoms with Crippen LogP contribution in [0.4, 0.5) is 33.3 Å². The van der Waals surface area contributed by atoms with Crippen molar-refractivity contribution >= 4 is 11.4 Å². The SMILES string of the molecule is CC[C@@H](C(C)C)n1ncn(-c2ncc(N3CCN(c4ccc(-c5ccc(C(F)(F)[C@](O)(Cn6cnnn6)c6ccc(F)cc6F)nc5)cc4)CC3)cc2F)c1=O. The Hall–Kier alpha value is -6.04. The van der Waals surface area contributed by atoms with Gasteiger partial charge < -0.3 is 14.9 Å². The molecule has 6 aromatic rings. The van der Waals surface area contributed by atoms with E-state index in [1.54, 1.807) is 6.20 Å². The van der Waals surface area contributed by atoms with E-state index in [2.05, 4.69) is 35.5 Å². The fourth-order valence-electron chi connectivity index (χ4n) is 7.10. The number of anilines is 2. The zero-order valence-electron chi connectivity index (χ0n) is 30.6. The van der Waals surface area contributed by atoms with Crippen LogP contribution in [0.15, 0.2) is 90.5 Å². The Kier molecular flexibility index (Phi) is 10.4. The molecular formula is C38H38F5N11O2. The van der Waals surface area contributed by atoms with E-state index in [9.17, 15) is 18.7 Å². The maximum atomic E-state index is 16.2. The highest BCUT2D eigenvalue weighted by molar-refractivity contribution is 5.66. The number of benzene rings is 2. The van der Waals surface area contributed by atoms with Crippen molar-refractivity contribution < 1.29 is 27.1 Å². The van der Waals surface area contributed by atoms with Gasteiger partial charge in [0.2, 0.25) is 0 Å². The van der Waals surface area contributed by atoms with E-state index in [-0.39, 0.29) is 17.8 Å². The van der Waals surface area contributed by atoms with Crippen LogP contribution in [0.2, 0.25) is 0 Å². The molecule has 0 radical (unpaired) electrons. The van der Waals surface area contributed by atoms with Gasteiger partial charge in [-0.05, 0) is 58.7 Å². The lowest BCUT2D eigenvalue weighted by Crippen LogP contribution is -2.48. The molecule has 1 aliphatic heterocycles. The minimum atomic E-state index is -4.18. The molecule has 292 valence electrons. The molecule has 1 aliphatic rings. The summed E-state index contributed by atoms with van der Waals surface area (Å²) >= 11 is 0. The van der Waals surface area contributed by atoms with Gasteiger partial charge in [0.05, 0.1) is 24.5 Å². The maximum absolute atomic E-state index is 16.2. The van der Waals surface area contributed by atoms with Gasteiger partial charge in [-0.3, -0.25) is 4.98 Å². The average molecular weight is 776 g/mol. The molecule has 2 aromatic carbocycles. The van der Waals surface area contributed by atoms with Crippen LogP contribution >= 0.6 is 0 Å². The first-order valence-corrected chi connectivity index (χ1v) is 18.0. The highest BCUT2D eigenvalue weighted by Crippen LogP contribution is 2.47. The predicted molar refractivity (Wildman–Crippen MR) is 196 cm³/mol. The molecule has 0 saturated carbocycles. The number of aromatic nitrogens is 9. The van der Waals surface area contributed by atoms with Crippen LogP contribution in [0.1, 0.15) is 44.5 Å². The molecule has 7 rings (SSSR count). The van der Waals surface area contributed by atoms with Gasteiger partial charge >= 0.3 is 11.6 Å². The molecule has 0 aliphatic carbocycles. The number of aliphatic hydroxyl groups is 1. The van der Waals surface area contributed by atoms with Crippen LogP contribution in [0, 0.1) is 23.4 Å². The van der Waals surface area contributed by atoms with Crippen molar-refractivity contribution in [3.8, 4) is 16.9 Å². The standard InChI is InChI=1S/C38H38F5N11O2/c1-4-33(24(2)3)54-36(55)53(23-47-54)35-32(41)18-29(20-45-35)51-15-13-50(14-16-51)28-9-5-25(6-10-28)26-7-12-34(44-19-26)38(42,43)37(56,21-52-22-46-48-49-52)30-11-8-27(39)17-31(30)40/h5-12,17-20,22-24,33,56H,4,13-16,21H2,1-3H3/t33-,37-/m0/s1. The number of pyridine rings is 2. The summed E-state index contributed by atoms with van der Waals surface area (Å²) in [7, 11) is 0. The van der Waals surface area contributed by atoms with Gasteiger partial charge in [0, 0.05) is 61.3 Å². The fraction of sp³-hybridized carbons (Fsp3) is 0.342. The number of piperazine rings is 1. The molecule has 0 amide bonds. The second kappa shape index (κ2) is 15.2. The van der Waals surface area contributed by atoms with Gasteiger partial charge in [0.1, 0.15) is 30.0 Å². The molecule has 56 heavy (non-hydrogen) atoms. The molecular weight excluding hydrogens is 737 g/mol. The Balaban J connectivity index is 1.02. The van der Waals surface area contributed by atoms with Crippen molar-refractivity contribution in [1.29, 1.82) is 0 Å². The van der Waals surface area contributed by atoms with Crippen LogP contribution in [0.5, 0.6) is 0 Å². The van der Waals surface area contributed by atoms with Gasteiger partial charge in [-0.1, -0.05) is 39.0 Å².